The minimum absolute atomic E-state index is 0.0225. The molecule has 0 unspecified atom stereocenters. The van der Waals surface area contributed by atoms with Gasteiger partial charge in [0.1, 0.15) is 22.9 Å². The normalized spacial score (nSPS) is 13.4. The van der Waals surface area contributed by atoms with Crippen LogP contribution in [0.5, 0.6) is 0 Å². The fourth-order valence-corrected chi connectivity index (χ4v) is 15.0. The maximum absolute atomic E-state index is 14.1. The number of carbonyl (C=O) groups is 3. The number of benzene rings is 6. The fourth-order valence-electron chi connectivity index (χ4n) is 11.2. The SMILES string of the molecule is Cc1cccc(NC(=O)Nc2cccc(-c3sc(N4CCOCC4)nc3-c3ccnc(N)n3)c2)c1.Nc1nccc(-c2nc(N3CCOCC3)sc2-c2cccc(NC(=O)Nc3ccc(Cl)c(Cl)c3)c2)n1.Nc1nccc(-c2nc(N3CCOCC3)sc2-c2cccc(NC(=O)Nc3ccc(Cl)cc3F)c2)n1. The van der Waals surface area contributed by atoms with Crippen LogP contribution in [0.3, 0.4) is 0 Å². The highest BCUT2D eigenvalue weighted by Crippen LogP contribution is 2.44. The molecule has 12 N–H and O–H groups in total. The fraction of sp³-hybridized carbons (Fsp3) is 0.178. The van der Waals surface area contributed by atoms with Crippen LogP contribution in [0, 0.1) is 12.7 Å². The maximum atomic E-state index is 14.1. The average molecular weight is 1560 g/mol. The number of halogens is 4. The number of thiazole rings is 3. The van der Waals surface area contributed by atoms with E-state index in [1.807, 2.05) is 97.9 Å². The topological polar surface area (TPSA) is 355 Å². The molecule has 27 nitrogen and oxygen atoms in total. The lowest BCUT2D eigenvalue weighted by Crippen LogP contribution is -2.36. The van der Waals surface area contributed by atoms with Crippen molar-refractivity contribution < 1.29 is 33.0 Å². The van der Waals surface area contributed by atoms with Gasteiger partial charge in [0.2, 0.25) is 17.8 Å². The lowest BCUT2D eigenvalue weighted by atomic mass is 10.1. The van der Waals surface area contributed by atoms with E-state index in [1.54, 1.807) is 83.7 Å². The Morgan fingerprint density at radius 1 is 0.411 bits per heavy atom. The van der Waals surface area contributed by atoms with Crippen LogP contribution < -0.4 is 63.8 Å². The van der Waals surface area contributed by atoms with E-state index in [0.29, 0.717) is 101 Å². The van der Waals surface area contributed by atoms with Crippen LogP contribution in [-0.2, 0) is 14.2 Å². The van der Waals surface area contributed by atoms with Crippen LogP contribution in [0.4, 0.5) is 86.1 Å². The summed E-state index contributed by atoms with van der Waals surface area (Å²) in [7, 11) is 0. The summed E-state index contributed by atoms with van der Waals surface area (Å²) in [5.41, 5.74) is 28.3. The van der Waals surface area contributed by atoms with Crippen molar-refractivity contribution in [2.45, 2.75) is 6.92 Å². The Morgan fingerprint density at radius 3 is 1.12 bits per heavy atom. The third kappa shape index (κ3) is 19.4. The number of ether oxygens (including phenoxy) is 3. The number of carbonyl (C=O) groups excluding carboxylic acids is 3. The summed E-state index contributed by atoms with van der Waals surface area (Å²) in [5.74, 6) is -0.104. The van der Waals surface area contributed by atoms with Crippen LogP contribution >= 0.6 is 68.8 Å². The van der Waals surface area contributed by atoms with Gasteiger partial charge in [-0.3, -0.25) is 0 Å². The second-order valence-electron chi connectivity index (χ2n) is 23.8. The van der Waals surface area contributed by atoms with Gasteiger partial charge in [-0.25, -0.2) is 63.6 Å². The molecule has 34 heteroatoms. The van der Waals surface area contributed by atoms with E-state index >= 15 is 0 Å². The van der Waals surface area contributed by atoms with Crippen molar-refractivity contribution in [1.29, 1.82) is 0 Å². The molecular formula is C73H67Cl3FN21O6S3. The minimum atomic E-state index is -0.625. The molecule has 0 aliphatic carbocycles. The molecule has 0 atom stereocenters. The number of hydrogen-bond donors (Lipinski definition) is 9. The third-order valence-corrected chi connectivity index (χ3v) is 20.7. The van der Waals surface area contributed by atoms with Crippen LogP contribution in [0.25, 0.3) is 65.5 Å². The monoisotopic (exact) mass is 1550 g/mol. The summed E-state index contributed by atoms with van der Waals surface area (Å²) in [6, 6.07) is 43.1. The molecule has 0 saturated carbocycles. The van der Waals surface area contributed by atoms with Gasteiger partial charge in [-0.05, 0) is 132 Å². The largest absolute Gasteiger partial charge is 0.378 e. The van der Waals surface area contributed by atoms with E-state index in [9.17, 15) is 18.8 Å². The molecule has 3 saturated heterocycles. The second kappa shape index (κ2) is 34.8. The Bertz CT molecular complexity index is 5180. The number of nitrogens with one attached hydrogen (secondary N) is 6. The number of rotatable bonds is 15. The highest BCUT2D eigenvalue weighted by Gasteiger charge is 2.26. The molecule has 0 radical (unpaired) electrons. The first-order chi connectivity index (χ1) is 52.0. The van der Waals surface area contributed by atoms with Gasteiger partial charge in [0.25, 0.3) is 0 Å². The Kier molecular flexibility index (Phi) is 24.1. The van der Waals surface area contributed by atoms with E-state index in [0.717, 1.165) is 109 Å². The molecule has 3 aliphatic heterocycles. The zero-order chi connectivity index (χ0) is 74.3. The maximum Gasteiger partial charge on any atom is 0.323 e. The molecule has 9 heterocycles. The lowest BCUT2D eigenvalue weighted by molar-refractivity contribution is 0.122. The molecule has 107 heavy (non-hydrogen) atoms. The van der Waals surface area contributed by atoms with Crippen LogP contribution in [0.2, 0.25) is 15.1 Å². The molecule has 546 valence electrons. The minimum Gasteiger partial charge on any atom is -0.378 e. The molecule has 12 aromatic rings. The predicted octanol–water partition coefficient (Wildman–Crippen LogP) is 15.4. The molecule has 6 aromatic heterocycles. The van der Waals surface area contributed by atoms with Crippen LogP contribution in [0.15, 0.2) is 170 Å². The van der Waals surface area contributed by atoms with Gasteiger partial charge in [-0.2, -0.15) is 0 Å². The first-order valence-electron chi connectivity index (χ1n) is 33.3. The number of nitrogen functional groups attached to an aromatic ring is 3. The number of aryl methyl sites for hydroxylation is 1. The van der Waals surface area contributed by atoms with Crippen molar-refractivity contribution in [2.24, 2.45) is 0 Å². The van der Waals surface area contributed by atoms with Crippen molar-refractivity contribution in [3.05, 3.63) is 197 Å². The number of nitrogens with zero attached hydrogens (tertiary/aromatic N) is 12. The summed E-state index contributed by atoms with van der Waals surface area (Å²) in [4.78, 5) is 86.8. The van der Waals surface area contributed by atoms with E-state index in [1.165, 1.54) is 23.5 Å². The van der Waals surface area contributed by atoms with Gasteiger partial charge in [0, 0.05) is 91.3 Å². The number of morpholine rings is 3. The average Bonchev–Trinajstić information content (AvgIpc) is 1.66. The second-order valence-corrected chi connectivity index (χ2v) is 28.0. The van der Waals surface area contributed by atoms with Crippen molar-refractivity contribution in [2.75, 3.05) is 143 Å². The van der Waals surface area contributed by atoms with Gasteiger partial charge in [-0.1, -0.05) is 117 Å². The number of hydrogen-bond acceptors (Lipinski definition) is 24. The molecule has 3 aliphatic rings. The Hall–Kier alpha value is -11.3. The van der Waals surface area contributed by atoms with E-state index in [2.05, 4.69) is 76.5 Å². The van der Waals surface area contributed by atoms with Gasteiger partial charge in [0.05, 0.1) is 87.1 Å². The van der Waals surface area contributed by atoms with Gasteiger partial charge in [0.15, 0.2) is 15.4 Å². The standard InChI is InChI=1S/C25H25N7O2S.C24H21Cl2N7O2S.C24H21ClFN7O2S/c1-16-4-2-6-18(14-16)28-24(33)29-19-7-3-5-17(15-19)22-21(20-8-9-27-23(26)30-20)31-25(35-22)32-10-12-34-13-11-32;25-17-5-4-16(13-18(17)26)30-23(34)29-15-3-1-2-14(12-15)21-20(19-6-7-28-22(27)31-19)32-24(36-21)33-8-10-35-11-9-33;25-15-4-5-18(17(26)13-15)31-23(34)29-16-3-1-2-14(12-16)21-20(19-6-7-28-22(27)30-19)32-24(36-21)33-8-10-35-11-9-33/h2-9,14-15H,10-13H2,1H3,(H2,26,27,30)(H2,28,29,33);1-7,12-13H,8-11H2,(H2,27,28,31)(H2,29,30,34);1-7,12-13H,8-11H2,(H2,27,28,30)(H2,29,31,34). The quantitative estimate of drug-likeness (QED) is 0.0460. The third-order valence-electron chi connectivity index (χ3n) is 16.2. The number of amides is 6. The summed E-state index contributed by atoms with van der Waals surface area (Å²) >= 11 is 22.4. The molecular weight excluding hydrogens is 1490 g/mol. The molecule has 6 aromatic carbocycles. The van der Waals surface area contributed by atoms with Crippen molar-refractivity contribution in [3.8, 4) is 65.5 Å². The van der Waals surface area contributed by atoms with Gasteiger partial charge < -0.3 is 78.0 Å². The van der Waals surface area contributed by atoms with Crippen molar-refractivity contribution >= 4 is 154 Å². The summed E-state index contributed by atoms with van der Waals surface area (Å²) in [6.45, 7) is 10.4. The van der Waals surface area contributed by atoms with Crippen molar-refractivity contribution in [3.63, 3.8) is 0 Å². The zero-order valence-electron chi connectivity index (χ0n) is 56.9. The first kappa shape index (κ1) is 74.0. The Morgan fingerprint density at radius 2 is 0.766 bits per heavy atom. The predicted molar refractivity (Wildman–Crippen MR) is 425 cm³/mol. The van der Waals surface area contributed by atoms with Crippen LogP contribution in [-0.4, -0.2) is 142 Å². The number of aromatic nitrogens is 9. The van der Waals surface area contributed by atoms with Gasteiger partial charge in [-0.15, -0.1) is 0 Å². The number of nitrogens with two attached hydrogens (primary N) is 3. The lowest BCUT2D eigenvalue weighted by Gasteiger charge is -2.26. The number of urea groups is 3. The smallest absolute Gasteiger partial charge is 0.323 e. The molecule has 3 fully saturated rings. The highest BCUT2D eigenvalue weighted by molar-refractivity contribution is 7.20. The molecule has 15 rings (SSSR count). The Balaban J connectivity index is 0.000000142. The molecule has 0 spiro atoms. The van der Waals surface area contributed by atoms with Crippen molar-refractivity contribution in [1.82, 2.24) is 44.9 Å². The first-order valence-corrected chi connectivity index (χ1v) is 36.8. The highest BCUT2D eigenvalue weighted by atomic mass is 35.5. The van der Waals surface area contributed by atoms with E-state index in [-0.39, 0.29) is 34.6 Å². The summed E-state index contributed by atoms with van der Waals surface area (Å²) in [6.07, 6.45) is 4.83. The van der Waals surface area contributed by atoms with E-state index < -0.39 is 17.9 Å². The number of anilines is 12. The molecule has 6 amide bonds. The Labute approximate surface area is 639 Å². The van der Waals surface area contributed by atoms with Gasteiger partial charge >= 0.3 is 18.1 Å². The molecule has 0 bridgehead atoms. The summed E-state index contributed by atoms with van der Waals surface area (Å²) < 4.78 is 30.5. The zero-order valence-corrected chi connectivity index (χ0v) is 61.7. The van der Waals surface area contributed by atoms with E-state index in [4.69, 9.17) is 81.2 Å². The summed E-state index contributed by atoms with van der Waals surface area (Å²) in [5, 5.41) is 20.3. The van der Waals surface area contributed by atoms with Crippen LogP contribution in [0.1, 0.15) is 5.56 Å².